The van der Waals surface area contributed by atoms with Crippen molar-refractivity contribution in [3.8, 4) is 11.5 Å². The Balaban J connectivity index is 0.00000225. The van der Waals surface area contributed by atoms with Gasteiger partial charge in [-0.2, -0.15) is 0 Å². The van der Waals surface area contributed by atoms with Crippen molar-refractivity contribution in [1.29, 1.82) is 0 Å². The van der Waals surface area contributed by atoms with E-state index >= 15 is 0 Å². The van der Waals surface area contributed by atoms with Crippen LogP contribution in [0.15, 0.2) is 18.2 Å². The van der Waals surface area contributed by atoms with E-state index in [9.17, 15) is 9.59 Å². The van der Waals surface area contributed by atoms with Gasteiger partial charge in [-0.15, -0.1) is 12.4 Å². The number of amides is 2. The number of carbonyl (C=O) groups is 2. The lowest BCUT2D eigenvalue weighted by Crippen LogP contribution is -2.51. The van der Waals surface area contributed by atoms with Gasteiger partial charge in [0.25, 0.3) is 5.91 Å². The smallest absolute Gasteiger partial charge is 0.254 e. The number of ether oxygens (including phenoxy) is 2. The van der Waals surface area contributed by atoms with Crippen LogP contribution in [-0.4, -0.2) is 67.7 Å². The first-order chi connectivity index (χ1) is 13.2. The highest BCUT2D eigenvalue weighted by atomic mass is 35.5. The normalized spacial score (nSPS) is 23.5. The predicted octanol–water partition coefficient (Wildman–Crippen LogP) is 1.90. The van der Waals surface area contributed by atoms with Crippen LogP contribution in [0.4, 0.5) is 0 Å². The first-order valence-corrected chi connectivity index (χ1v) is 9.81. The summed E-state index contributed by atoms with van der Waals surface area (Å²) in [5, 5.41) is 3.21. The first-order valence-electron chi connectivity index (χ1n) is 9.81. The van der Waals surface area contributed by atoms with Crippen molar-refractivity contribution in [1.82, 2.24) is 15.1 Å². The lowest BCUT2D eigenvalue weighted by atomic mass is 9.97. The molecule has 2 amide bonds. The summed E-state index contributed by atoms with van der Waals surface area (Å²) >= 11 is 0. The molecule has 2 saturated heterocycles. The molecule has 4 rings (SSSR count). The number of hydrogen-bond donors (Lipinski definition) is 1. The van der Waals surface area contributed by atoms with E-state index in [0.29, 0.717) is 29.5 Å². The second-order valence-electron chi connectivity index (χ2n) is 7.57. The molecule has 3 aliphatic rings. The highest BCUT2D eigenvalue weighted by Crippen LogP contribution is 2.33. The molecule has 2 unspecified atom stereocenters. The lowest BCUT2D eigenvalue weighted by molar-refractivity contribution is -0.137. The molecule has 0 spiro atoms. The standard InChI is InChI=1S/C20H27N3O4.ClH/c1-21-11-14-4-2-8-22(12-14)20(25)16-5-3-9-23(16)19(24)15-6-7-17-18(10-15)27-13-26-17;/h6-7,10,14,16,21H,2-5,8-9,11-13H2,1H3;1H. The van der Waals surface area contributed by atoms with Crippen molar-refractivity contribution in [2.75, 3.05) is 40.0 Å². The molecule has 8 heteroatoms. The van der Waals surface area contributed by atoms with Gasteiger partial charge in [-0.25, -0.2) is 0 Å². The summed E-state index contributed by atoms with van der Waals surface area (Å²) in [5.74, 6) is 1.74. The van der Waals surface area contributed by atoms with Crippen molar-refractivity contribution in [3.05, 3.63) is 23.8 Å². The van der Waals surface area contributed by atoms with E-state index < -0.39 is 0 Å². The highest BCUT2D eigenvalue weighted by Gasteiger charge is 2.38. The van der Waals surface area contributed by atoms with Crippen molar-refractivity contribution in [2.24, 2.45) is 5.92 Å². The Bertz CT molecular complexity index is 727. The number of hydrogen-bond acceptors (Lipinski definition) is 5. The molecule has 0 bridgehead atoms. The second kappa shape index (κ2) is 9.01. The topological polar surface area (TPSA) is 71.1 Å². The number of fused-ring (bicyclic) bond motifs is 1. The van der Waals surface area contributed by atoms with Gasteiger partial charge in [0.05, 0.1) is 0 Å². The summed E-state index contributed by atoms with van der Waals surface area (Å²) in [6.45, 7) is 3.30. The Morgan fingerprint density at radius 3 is 2.75 bits per heavy atom. The fourth-order valence-electron chi connectivity index (χ4n) is 4.39. The van der Waals surface area contributed by atoms with E-state index in [0.717, 1.165) is 45.3 Å². The molecule has 0 saturated carbocycles. The van der Waals surface area contributed by atoms with Crippen LogP contribution < -0.4 is 14.8 Å². The molecule has 28 heavy (non-hydrogen) atoms. The van der Waals surface area contributed by atoms with Gasteiger partial charge in [-0.3, -0.25) is 9.59 Å². The van der Waals surface area contributed by atoms with Gasteiger partial charge in [-0.05, 0) is 63.4 Å². The second-order valence-corrected chi connectivity index (χ2v) is 7.57. The number of nitrogens with one attached hydrogen (secondary N) is 1. The van der Waals surface area contributed by atoms with Crippen molar-refractivity contribution in [3.63, 3.8) is 0 Å². The quantitative estimate of drug-likeness (QED) is 0.822. The van der Waals surface area contributed by atoms with E-state index in [1.807, 2.05) is 11.9 Å². The van der Waals surface area contributed by atoms with Gasteiger partial charge in [0.2, 0.25) is 12.7 Å². The minimum absolute atomic E-state index is 0. The molecule has 2 fully saturated rings. The summed E-state index contributed by atoms with van der Waals surface area (Å²) in [5.41, 5.74) is 0.547. The Morgan fingerprint density at radius 1 is 1.14 bits per heavy atom. The SMILES string of the molecule is CNCC1CCCN(C(=O)C2CCCN2C(=O)c2ccc3c(c2)OCO3)C1.Cl. The Labute approximate surface area is 171 Å². The average Bonchev–Trinajstić information content (AvgIpc) is 3.36. The minimum Gasteiger partial charge on any atom is -0.454 e. The van der Waals surface area contributed by atoms with Crippen molar-refractivity contribution >= 4 is 24.2 Å². The van der Waals surface area contributed by atoms with Crippen LogP contribution in [0.25, 0.3) is 0 Å². The number of benzene rings is 1. The van der Waals surface area contributed by atoms with Crippen LogP contribution in [0.3, 0.4) is 0 Å². The summed E-state index contributed by atoms with van der Waals surface area (Å²) in [6, 6.07) is 4.87. The maximum absolute atomic E-state index is 13.2. The van der Waals surface area contributed by atoms with E-state index in [1.54, 1.807) is 23.1 Å². The van der Waals surface area contributed by atoms with E-state index in [2.05, 4.69) is 5.32 Å². The fraction of sp³-hybridized carbons (Fsp3) is 0.600. The molecule has 7 nitrogen and oxygen atoms in total. The van der Waals surface area contributed by atoms with Crippen molar-refractivity contribution in [2.45, 2.75) is 31.7 Å². The third-order valence-corrected chi connectivity index (χ3v) is 5.74. The molecule has 0 aromatic heterocycles. The average molecular weight is 410 g/mol. The largest absolute Gasteiger partial charge is 0.454 e. The monoisotopic (exact) mass is 409 g/mol. The summed E-state index contributed by atoms with van der Waals surface area (Å²) in [4.78, 5) is 29.9. The molecule has 1 aromatic rings. The number of carbonyl (C=O) groups excluding carboxylic acids is 2. The zero-order valence-electron chi connectivity index (χ0n) is 16.2. The number of piperidine rings is 1. The molecule has 2 atom stereocenters. The highest BCUT2D eigenvalue weighted by molar-refractivity contribution is 5.98. The molecule has 1 N–H and O–H groups in total. The Hall–Kier alpha value is -1.99. The van der Waals surface area contributed by atoms with Gasteiger partial charge in [0.15, 0.2) is 11.5 Å². The van der Waals surface area contributed by atoms with Crippen molar-refractivity contribution < 1.29 is 19.1 Å². The first kappa shape index (κ1) is 20.7. The van der Waals surface area contributed by atoms with Crippen LogP contribution in [0, 0.1) is 5.92 Å². The van der Waals surface area contributed by atoms with Crippen LogP contribution in [0.1, 0.15) is 36.0 Å². The zero-order chi connectivity index (χ0) is 18.8. The maximum Gasteiger partial charge on any atom is 0.254 e. The Kier molecular flexibility index (Phi) is 6.67. The Morgan fingerprint density at radius 2 is 1.93 bits per heavy atom. The minimum atomic E-state index is -0.351. The van der Waals surface area contributed by atoms with Crippen LogP contribution >= 0.6 is 12.4 Å². The van der Waals surface area contributed by atoms with E-state index in [4.69, 9.17) is 9.47 Å². The van der Waals surface area contributed by atoms with Gasteiger partial charge >= 0.3 is 0 Å². The third kappa shape index (κ3) is 4.05. The molecular weight excluding hydrogens is 382 g/mol. The van der Waals surface area contributed by atoms with Crippen LogP contribution in [-0.2, 0) is 4.79 Å². The summed E-state index contributed by atoms with van der Waals surface area (Å²) in [7, 11) is 1.95. The van der Waals surface area contributed by atoms with Gasteiger partial charge in [0, 0.05) is 25.2 Å². The fourth-order valence-corrected chi connectivity index (χ4v) is 4.39. The number of likely N-dealkylation sites (tertiary alicyclic amines) is 2. The van der Waals surface area contributed by atoms with Gasteiger partial charge in [-0.1, -0.05) is 0 Å². The van der Waals surface area contributed by atoms with Gasteiger partial charge in [0.1, 0.15) is 6.04 Å². The van der Waals surface area contributed by atoms with Gasteiger partial charge < -0.3 is 24.6 Å². The third-order valence-electron chi connectivity index (χ3n) is 5.74. The number of halogens is 1. The number of nitrogens with zero attached hydrogens (tertiary/aromatic N) is 2. The van der Waals surface area contributed by atoms with Crippen LogP contribution in [0.2, 0.25) is 0 Å². The number of rotatable bonds is 4. The molecule has 3 aliphatic heterocycles. The van der Waals surface area contributed by atoms with Crippen LogP contribution in [0.5, 0.6) is 11.5 Å². The molecular formula is C20H28ClN3O4. The van der Waals surface area contributed by atoms with E-state index in [-0.39, 0.29) is 37.1 Å². The molecule has 3 heterocycles. The summed E-state index contributed by atoms with van der Waals surface area (Å²) < 4.78 is 10.7. The molecule has 1 aromatic carbocycles. The summed E-state index contributed by atoms with van der Waals surface area (Å²) in [6.07, 6.45) is 3.78. The van der Waals surface area contributed by atoms with E-state index in [1.165, 1.54) is 0 Å². The zero-order valence-corrected chi connectivity index (χ0v) is 17.0. The predicted molar refractivity (Wildman–Crippen MR) is 107 cm³/mol. The maximum atomic E-state index is 13.2. The molecule has 0 aliphatic carbocycles. The lowest BCUT2D eigenvalue weighted by Gasteiger charge is -2.36. The molecule has 154 valence electrons. The molecule has 0 radical (unpaired) electrons.